The molecule has 0 saturated heterocycles. The van der Waals surface area contributed by atoms with E-state index in [0.29, 0.717) is 6.04 Å². The summed E-state index contributed by atoms with van der Waals surface area (Å²) >= 11 is 1.72. The van der Waals surface area contributed by atoms with Gasteiger partial charge in [-0.15, -0.1) is 11.3 Å². The predicted molar refractivity (Wildman–Crippen MR) is 138 cm³/mol. The van der Waals surface area contributed by atoms with Crippen molar-refractivity contribution in [2.24, 2.45) is 0 Å². The molecule has 1 N–H and O–H groups in total. The zero-order valence-electron chi connectivity index (χ0n) is 18.7. The number of pyridine rings is 1. The van der Waals surface area contributed by atoms with Crippen LogP contribution in [0.2, 0.25) is 0 Å². The number of fused-ring (bicyclic) bond motifs is 5. The summed E-state index contributed by atoms with van der Waals surface area (Å²) in [5.74, 6) is 0.927. The topological polar surface area (TPSA) is 50.7 Å². The molecule has 0 saturated carbocycles. The van der Waals surface area contributed by atoms with Gasteiger partial charge in [-0.1, -0.05) is 60.7 Å². The Morgan fingerprint density at radius 2 is 1.70 bits per heavy atom. The molecule has 0 amide bonds. The molecule has 1 aliphatic carbocycles. The van der Waals surface area contributed by atoms with Crippen molar-refractivity contribution < 1.29 is 0 Å². The van der Waals surface area contributed by atoms with Crippen LogP contribution in [-0.2, 0) is 19.3 Å². The smallest absolute Gasteiger partial charge is 0.147 e. The van der Waals surface area contributed by atoms with Crippen LogP contribution in [0.1, 0.15) is 36.5 Å². The lowest BCUT2D eigenvalue weighted by atomic mass is 10.0. The van der Waals surface area contributed by atoms with Crippen molar-refractivity contribution in [1.82, 2.24) is 15.0 Å². The number of thiophene rings is 1. The van der Waals surface area contributed by atoms with Gasteiger partial charge in [0.25, 0.3) is 0 Å². The maximum Gasteiger partial charge on any atom is 0.147 e. The first-order chi connectivity index (χ1) is 16.3. The average molecular weight is 451 g/mol. The first-order valence-corrected chi connectivity index (χ1v) is 12.5. The largest absolute Gasteiger partial charge is 0.366 e. The molecule has 164 valence electrons. The van der Waals surface area contributed by atoms with E-state index in [4.69, 9.17) is 9.97 Å². The van der Waals surface area contributed by atoms with E-state index < -0.39 is 0 Å². The third-order valence-electron chi connectivity index (χ3n) is 6.61. The number of hydrogen-bond acceptors (Lipinski definition) is 5. The van der Waals surface area contributed by atoms with Crippen LogP contribution in [0, 0.1) is 0 Å². The number of nitrogens with zero attached hydrogens (tertiary/aromatic N) is 3. The van der Waals surface area contributed by atoms with E-state index in [2.05, 4.69) is 77.9 Å². The summed E-state index contributed by atoms with van der Waals surface area (Å²) in [6.07, 6.45) is 7.16. The minimum Gasteiger partial charge on any atom is -0.366 e. The van der Waals surface area contributed by atoms with Crippen molar-refractivity contribution in [3.63, 3.8) is 0 Å². The molecule has 3 heterocycles. The Morgan fingerprint density at radius 1 is 0.939 bits per heavy atom. The van der Waals surface area contributed by atoms with E-state index in [1.54, 1.807) is 17.7 Å². The van der Waals surface area contributed by atoms with E-state index in [1.165, 1.54) is 34.1 Å². The second kappa shape index (κ2) is 8.56. The first-order valence-electron chi connectivity index (χ1n) is 11.7. The minimum absolute atomic E-state index is 0.312. The minimum atomic E-state index is 0.312. The van der Waals surface area contributed by atoms with Crippen molar-refractivity contribution >= 4 is 37.6 Å². The van der Waals surface area contributed by atoms with Gasteiger partial charge < -0.3 is 5.32 Å². The van der Waals surface area contributed by atoms with Crippen LogP contribution >= 0.6 is 11.3 Å². The van der Waals surface area contributed by atoms with Gasteiger partial charge in [-0.05, 0) is 55.7 Å². The molecule has 33 heavy (non-hydrogen) atoms. The lowest BCUT2D eigenvalue weighted by molar-refractivity contribution is 0.704. The number of aromatic nitrogens is 3. The highest BCUT2D eigenvalue weighted by molar-refractivity contribution is 7.26. The number of anilines is 1. The maximum atomic E-state index is 5.17. The summed E-state index contributed by atoms with van der Waals surface area (Å²) in [5.41, 5.74) is 7.60. The SMILES string of the molecule is C[C@H](CCc1ccccc1)Nc1ncnc2c1sc1nc(-c3ccccc3)c3c(c12)CCC3. The Labute approximate surface area is 197 Å². The number of nitrogens with one attached hydrogen (secondary N) is 1. The highest BCUT2D eigenvalue weighted by Gasteiger charge is 2.25. The van der Waals surface area contributed by atoms with Gasteiger partial charge in [0.2, 0.25) is 0 Å². The molecule has 0 spiro atoms. The molecule has 0 aliphatic heterocycles. The van der Waals surface area contributed by atoms with Crippen LogP contribution in [0.15, 0.2) is 67.0 Å². The first kappa shape index (κ1) is 20.3. The molecular formula is C28H26N4S. The maximum absolute atomic E-state index is 5.17. The number of benzene rings is 2. The standard InChI is InChI=1S/C28H26N4S/c1-18(15-16-19-9-4-2-5-10-19)31-27-26-25(29-17-30-27)23-21-13-8-14-22(21)24(32-28(23)33-26)20-11-6-3-7-12-20/h2-7,9-12,17-18H,8,13-16H2,1H3,(H,29,30,31)/t18-/m1/s1. The molecule has 0 radical (unpaired) electrons. The van der Waals surface area contributed by atoms with E-state index >= 15 is 0 Å². The summed E-state index contributed by atoms with van der Waals surface area (Å²) < 4.78 is 1.12. The van der Waals surface area contributed by atoms with Crippen LogP contribution in [0.3, 0.4) is 0 Å². The van der Waals surface area contributed by atoms with Crippen molar-refractivity contribution in [3.8, 4) is 11.3 Å². The third-order valence-corrected chi connectivity index (χ3v) is 7.69. The Morgan fingerprint density at radius 3 is 2.52 bits per heavy atom. The molecule has 0 unspecified atom stereocenters. The van der Waals surface area contributed by atoms with Gasteiger partial charge in [-0.25, -0.2) is 15.0 Å². The highest BCUT2D eigenvalue weighted by Crippen LogP contribution is 2.43. The molecule has 0 fully saturated rings. The molecule has 1 atom stereocenters. The molecule has 2 aromatic carbocycles. The fourth-order valence-corrected chi connectivity index (χ4v) is 6.08. The lowest BCUT2D eigenvalue weighted by Crippen LogP contribution is -2.17. The molecule has 4 nitrogen and oxygen atoms in total. The van der Waals surface area contributed by atoms with Gasteiger partial charge in [-0.3, -0.25) is 0 Å². The van der Waals surface area contributed by atoms with Crippen molar-refractivity contribution in [2.45, 2.75) is 45.1 Å². The summed E-state index contributed by atoms with van der Waals surface area (Å²) in [4.78, 5) is 15.6. The Balaban J connectivity index is 1.38. The molecular weight excluding hydrogens is 424 g/mol. The second-order valence-corrected chi connectivity index (χ2v) is 9.89. The van der Waals surface area contributed by atoms with E-state index in [9.17, 15) is 0 Å². The molecule has 3 aromatic heterocycles. The predicted octanol–water partition coefficient (Wildman–Crippen LogP) is 6.83. The average Bonchev–Trinajstić information content (AvgIpc) is 3.48. The van der Waals surface area contributed by atoms with Gasteiger partial charge in [0.15, 0.2) is 0 Å². The van der Waals surface area contributed by atoms with Gasteiger partial charge >= 0.3 is 0 Å². The summed E-state index contributed by atoms with van der Waals surface area (Å²) in [6.45, 7) is 2.23. The van der Waals surface area contributed by atoms with Crippen molar-refractivity contribution in [2.75, 3.05) is 5.32 Å². The molecule has 0 bridgehead atoms. The Hall–Kier alpha value is -3.31. The number of aryl methyl sites for hydroxylation is 2. The van der Waals surface area contributed by atoms with E-state index in [0.717, 1.165) is 52.2 Å². The van der Waals surface area contributed by atoms with Crippen LogP contribution in [-0.4, -0.2) is 21.0 Å². The van der Waals surface area contributed by atoms with Crippen LogP contribution in [0.5, 0.6) is 0 Å². The lowest BCUT2D eigenvalue weighted by Gasteiger charge is -2.14. The molecule has 5 heteroatoms. The summed E-state index contributed by atoms with van der Waals surface area (Å²) in [7, 11) is 0. The molecule has 5 aromatic rings. The zero-order chi connectivity index (χ0) is 22.2. The summed E-state index contributed by atoms with van der Waals surface area (Å²) in [5, 5.41) is 4.90. The van der Waals surface area contributed by atoms with Crippen molar-refractivity contribution in [1.29, 1.82) is 0 Å². The van der Waals surface area contributed by atoms with Crippen LogP contribution < -0.4 is 5.32 Å². The Kier molecular flexibility index (Phi) is 5.27. The fraction of sp³-hybridized carbons (Fsp3) is 0.250. The highest BCUT2D eigenvalue weighted by atomic mass is 32.1. The second-order valence-electron chi connectivity index (χ2n) is 8.89. The van der Waals surface area contributed by atoms with Crippen molar-refractivity contribution in [3.05, 3.63) is 83.7 Å². The number of rotatable bonds is 6. The fourth-order valence-electron chi connectivity index (χ4n) is 4.97. The normalized spacial score (nSPS) is 14.0. The van der Waals surface area contributed by atoms with E-state index in [-0.39, 0.29) is 0 Å². The van der Waals surface area contributed by atoms with Gasteiger partial charge in [0, 0.05) is 17.0 Å². The Bertz CT molecular complexity index is 1430. The molecule has 1 aliphatic rings. The third kappa shape index (κ3) is 3.76. The van der Waals surface area contributed by atoms with Crippen LogP contribution in [0.4, 0.5) is 5.82 Å². The van der Waals surface area contributed by atoms with Crippen LogP contribution in [0.25, 0.3) is 31.7 Å². The van der Waals surface area contributed by atoms with Gasteiger partial charge in [-0.2, -0.15) is 0 Å². The monoisotopic (exact) mass is 450 g/mol. The summed E-state index contributed by atoms with van der Waals surface area (Å²) in [6, 6.07) is 21.6. The molecule has 6 rings (SSSR count). The number of hydrogen-bond donors (Lipinski definition) is 1. The van der Waals surface area contributed by atoms with Gasteiger partial charge in [0.1, 0.15) is 17.0 Å². The van der Waals surface area contributed by atoms with E-state index in [1.807, 2.05) is 0 Å². The quantitative estimate of drug-likeness (QED) is 0.308. The van der Waals surface area contributed by atoms with Gasteiger partial charge in [0.05, 0.1) is 15.9 Å². The zero-order valence-corrected chi connectivity index (χ0v) is 19.5.